The van der Waals surface area contributed by atoms with Crippen molar-refractivity contribution in [1.29, 1.82) is 0 Å². The molecule has 3 rings (SSSR count). The van der Waals surface area contributed by atoms with Gasteiger partial charge in [0.15, 0.2) is 5.78 Å². The van der Waals surface area contributed by atoms with E-state index < -0.39 is 23.0 Å². The molecule has 1 N–H and O–H groups in total. The molecule has 148 valence electrons. The van der Waals surface area contributed by atoms with Crippen molar-refractivity contribution in [3.05, 3.63) is 71.3 Å². The summed E-state index contributed by atoms with van der Waals surface area (Å²) in [6, 6.07) is 12.2. The van der Waals surface area contributed by atoms with Crippen LogP contribution in [-0.4, -0.2) is 35.1 Å². The summed E-state index contributed by atoms with van der Waals surface area (Å²) in [6.07, 6.45) is -0.0859. The number of Topliss-reactive ketones (excluding diaryl/α,β-unsaturated/α-hetero) is 1. The Hall–Kier alpha value is -2.02. The molecular weight excluding hydrogens is 382 g/mol. The molecule has 1 fully saturated rings. The quantitative estimate of drug-likeness (QED) is 0.553. The van der Waals surface area contributed by atoms with Crippen LogP contribution in [0.3, 0.4) is 0 Å². The van der Waals surface area contributed by atoms with Gasteiger partial charge in [-0.2, -0.15) is 0 Å². The van der Waals surface area contributed by atoms with Crippen molar-refractivity contribution < 1.29 is 23.4 Å². The molecule has 0 spiro atoms. The Bertz CT molecular complexity index is 871. The summed E-state index contributed by atoms with van der Waals surface area (Å²) in [5.41, 5.74) is -0.131. The highest BCUT2D eigenvalue weighted by Crippen LogP contribution is 2.45. The average Bonchev–Trinajstić information content (AvgIpc) is 2.98. The number of ether oxygens (including phenoxy) is 1. The van der Waals surface area contributed by atoms with Gasteiger partial charge >= 0.3 is 0 Å². The van der Waals surface area contributed by atoms with Crippen molar-refractivity contribution in [3.63, 3.8) is 0 Å². The third-order valence-electron chi connectivity index (χ3n) is 5.51. The number of ketones is 1. The number of rotatable bonds is 7. The summed E-state index contributed by atoms with van der Waals surface area (Å²) in [7, 11) is 0. The van der Waals surface area contributed by atoms with Gasteiger partial charge in [-0.05, 0) is 25.0 Å². The minimum absolute atomic E-state index is 0.0381. The van der Waals surface area contributed by atoms with Crippen LogP contribution in [-0.2, 0) is 10.2 Å². The zero-order chi connectivity index (χ0) is 20.3. The van der Waals surface area contributed by atoms with E-state index in [1.807, 2.05) is 13.0 Å². The molecule has 28 heavy (non-hydrogen) atoms. The number of halogens is 2. The van der Waals surface area contributed by atoms with Gasteiger partial charge in [0.1, 0.15) is 11.6 Å². The summed E-state index contributed by atoms with van der Waals surface area (Å²) in [4.78, 5) is 13.0. The summed E-state index contributed by atoms with van der Waals surface area (Å²) in [5.74, 6) is -1.91. The van der Waals surface area contributed by atoms with Crippen LogP contribution in [0.2, 0.25) is 0 Å². The van der Waals surface area contributed by atoms with Gasteiger partial charge in [0.05, 0.1) is 12.7 Å². The lowest BCUT2D eigenvalue weighted by molar-refractivity contribution is 0.0861. The highest BCUT2D eigenvalue weighted by molar-refractivity contribution is 7.80. The van der Waals surface area contributed by atoms with E-state index in [1.54, 1.807) is 24.3 Å². The van der Waals surface area contributed by atoms with Gasteiger partial charge in [-0.25, -0.2) is 8.78 Å². The van der Waals surface area contributed by atoms with Crippen LogP contribution in [0.25, 0.3) is 0 Å². The minimum Gasteiger partial charge on any atom is -0.396 e. The maximum Gasteiger partial charge on any atom is 0.167 e. The number of aliphatic hydroxyl groups excluding tert-OH is 1. The number of hydrogen-bond donors (Lipinski definition) is 1. The van der Waals surface area contributed by atoms with E-state index in [-0.39, 0.29) is 43.5 Å². The zero-order valence-corrected chi connectivity index (χ0v) is 16.3. The molecule has 1 saturated heterocycles. The van der Waals surface area contributed by atoms with Gasteiger partial charge in [-0.3, -0.25) is 4.79 Å². The Morgan fingerprint density at radius 3 is 2.61 bits per heavy atom. The van der Waals surface area contributed by atoms with Gasteiger partial charge in [0, 0.05) is 40.9 Å². The Balaban J connectivity index is 1.90. The molecule has 1 aliphatic rings. The third kappa shape index (κ3) is 4.04. The molecule has 2 aromatic rings. The Kier molecular flexibility index (Phi) is 6.33. The van der Waals surface area contributed by atoms with E-state index in [0.29, 0.717) is 10.4 Å². The first-order valence-electron chi connectivity index (χ1n) is 9.15. The molecule has 1 unspecified atom stereocenters. The number of carbonyl (C=O) groups excluding carboxylic acids is 1. The summed E-state index contributed by atoms with van der Waals surface area (Å²) in [5, 5.41) is 9.96. The maximum atomic E-state index is 14.7. The summed E-state index contributed by atoms with van der Waals surface area (Å²) >= 11 is 5.49. The summed E-state index contributed by atoms with van der Waals surface area (Å²) in [6.45, 7) is 1.72. The SMILES string of the molecule is C[C@H]1OCC(CC(=S)CC(=O)c2ccccc2)(c2ccc(F)cc2F)[C@@H]1CO. The maximum absolute atomic E-state index is 14.7. The van der Waals surface area contributed by atoms with Crippen LogP contribution in [0.1, 0.15) is 35.7 Å². The van der Waals surface area contributed by atoms with Gasteiger partial charge in [-0.1, -0.05) is 48.6 Å². The van der Waals surface area contributed by atoms with Crippen molar-refractivity contribution >= 4 is 22.9 Å². The lowest BCUT2D eigenvalue weighted by Crippen LogP contribution is -2.41. The molecule has 0 radical (unpaired) electrons. The minimum atomic E-state index is -0.944. The fourth-order valence-electron chi connectivity index (χ4n) is 4.04. The van der Waals surface area contributed by atoms with Gasteiger partial charge in [0.25, 0.3) is 0 Å². The highest BCUT2D eigenvalue weighted by Gasteiger charge is 2.50. The van der Waals surface area contributed by atoms with E-state index in [4.69, 9.17) is 17.0 Å². The normalized spacial score (nSPS) is 24.3. The Morgan fingerprint density at radius 1 is 1.25 bits per heavy atom. The van der Waals surface area contributed by atoms with Crippen LogP contribution < -0.4 is 0 Å². The number of thiocarbonyl (C=S) groups is 1. The predicted octanol–water partition coefficient (Wildman–Crippen LogP) is 4.26. The third-order valence-corrected chi connectivity index (χ3v) is 5.80. The monoisotopic (exact) mass is 404 g/mol. The molecule has 1 heterocycles. The van der Waals surface area contributed by atoms with Crippen LogP contribution in [0.4, 0.5) is 8.78 Å². The first-order valence-corrected chi connectivity index (χ1v) is 9.56. The second-order valence-electron chi connectivity index (χ2n) is 7.27. The van der Waals surface area contributed by atoms with Crippen LogP contribution in [0, 0.1) is 17.6 Å². The number of benzene rings is 2. The number of aliphatic hydroxyl groups is 1. The lowest BCUT2D eigenvalue weighted by atomic mass is 9.67. The molecule has 2 aromatic carbocycles. The van der Waals surface area contributed by atoms with Crippen LogP contribution in [0.15, 0.2) is 48.5 Å². The molecule has 0 amide bonds. The van der Waals surface area contributed by atoms with Gasteiger partial charge < -0.3 is 9.84 Å². The van der Waals surface area contributed by atoms with E-state index in [2.05, 4.69) is 0 Å². The Labute approximate surface area is 168 Å². The number of hydrogen-bond acceptors (Lipinski definition) is 4. The van der Waals surface area contributed by atoms with E-state index >= 15 is 0 Å². The second kappa shape index (κ2) is 8.55. The molecule has 0 saturated carbocycles. The summed E-state index contributed by atoms with van der Waals surface area (Å²) < 4.78 is 33.9. The van der Waals surface area contributed by atoms with Crippen LogP contribution in [0.5, 0.6) is 0 Å². The standard InChI is InChI=1S/C22H22F2O3S/c1-14-19(12-25)22(13-27-14,18-8-7-16(23)9-20(18)24)11-17(28)10-21(26)15-5-3-2-4-6-15/h2-9,14,19,25H,10-13H2,1H3/t14-,19-,22?/m1/s1. The fourth-order valence-corrected chi connectivity index (χ4v) is 4.43. The average molecular weight is 404 g/mol. The zero-order valence-electron chi connectivity index (χ0n) is 15.5. The molecule has 3 atom stereocenters. The van der Waals surface area contributed by atoms with E-state index in [9.17, 15) is 18.7 Å². The van der Waals surface area contributed by atoms with Crippen molar-refractivity contribution in [2.45, 2.75) is 31.3 Å². The van der Waals surface area contributed by atoms with Crippen molar-refractivity contribution in [3.8, 4) is 0 Å². The van der Waals surface area contributed by atoms with Crippen molar-refractivity contribution in [1.82, 2.24) is 0 Å². The first-order chi connectivity index (χ1) is 13.4. The van der Waals surface area contributed by atoms with E-state index in [1.165, 1.54) is 12.1 Å². The van der Waals surface area contributed by atoms with Crippen molar-refractivity contribution in [2.24, 2.45) is 5.92 Å². The fraction of sp³-hybridized carbons (Fsp3) is 0.364. The largest absolute Gasteiger partial charge is 0.396 e. The van der Waals surface area contributed by atoms with E-state index in [0.717, 1.165) is 6.07 Å². The first kappa shape index (κ1) is 20.7. The van der Waals surface area contributed by atoms with Crippen LogP contribution >= 0.6 is 12.2 Å². The molecule has 3 nitrogen and oxygen atoms in total. The molecule has 6 heteroatoms. The topological polar surface area (TPSA) is 46.5 Å². The van der Waals surface area contributed by atoms with Gasteiger partial charge in [0.2, 0.25) is 0 Å². The Morgan fingerprint density at radius 2 is 1.96 bits per heavy atom. The second-order valence-corrected chi connectivity index (χ2v) is 7.84. The molecule has 0 bridgehead atoms. The smallest absolute Gasteiger partial charge is 0.167 e. The molecule has 0 aromatic heterocycles. The predicted molar refractivity (Wildman–Crippen MR) is 107 cm³/mol. The number of carbonyl (C=O) groups is 1. The lowest BCUT2D eigenvalue weighted by Gasteiger charge is -2.35. The molecule has 1 aliphatic heterocycles. The molecule has 0 aliphatic carbocycles. The highest BCUT2D eigenvalue weighted by atomic mass is 32.1. The van der Waals surface area contributed by atoms with Gasteiger partial charge in [-0.15, -0.1) is 0 Å². The van der Waals surface area contributed by atoms with Crippen molar-refractivity contribution in [2.75, 3.05) is 13.2 Å². The molecular formula is C22H22F2O3S.